The molecular formula is C21H21FN4O3. The largest absolute Gasteiger partial charge is 0.497 e. The molecule has 0 bridgehead atoms. The minimum atomic E-state index is -0.452. The van der Waals surface area contributed by atoms with Crippen molar-refractivity contribution < 1.29 is 18.4 Å². The third-order valence-corrected chi connectivity index (χ3v) is 5.02. The number of anilines is 1. The highest BCUT2D eigenvalue weighted by Crippen LogP contribution is 2.29. The second-order valence-corrected chi connectivity index (χ2v) is 6.86. The van der Waals surface area contributed by atoms with Crippen molar-refractivity contribution in [1.82, 2.24) is 15.0 Å². The van der Waals surface area contributed by atoms with Crippen LogP contribution in [0.4, 0.5) is 14.9 Å². The second-order valence-electron chi connectivity index (χ2n) is 6.86. The zero-order valence-electron chi connectivity index (χ0n) is 16.0. The maximum Gasteiger partial charge on any atom is 0.321 e. The molecule has 0 spiro atoms. The lowest BCUT2D eigenvalue weighted by atomic mass is 9.97. The Morgan fingerprint density at radius 1 is 1.21 bits per heavy atom. The first-order valence-corrected chi connectivity index (χ1v) is 9.42. The van der Waals surface area contributed by atoms with Gasteiger partial charge < -0.3 is 19.5 Å². The minimum absolute atomic E-state index is 0.0827. The minimum Gasteiger partial charge on any atom is -0.497 e. The number of nitrogens with zero attached hydrogens (tertiary/aromatic N) is 3. The molecule has 0 aliphatic carbocycles. The molecular weight excluding hydrogens is 375 g/mol. The van der Waals surface area contributed by atoms with Gasteiger partial charge in [-0.2, -0.15) is 4.98 Å². The molecule has 1 fully saturated rings. The van der Waals surface area contributed by atoms with Crippen molar-refractivity contribution in [2.24, 2.45) is 0 Å². The monoisotopic (exact) mass is 396 g/mol. The lowest BCUT2D eigenvalue weighted by Gasteiger charge is -2.30. The fourth-order valence-electron chi connectivity index (χ4n) is 3.37. The van der Waals surface area contributed by atoms with Gasteiger partial charge in [0.2, 0.25) is 11.7 Å². The number of carbonyl (C=O) groups excluding carboxylic acids is 1. The van der Waals surface area contributed by atoms with E-state index in [9.17, 15) is 9.18 Å². The zero-order valence-corrected chi connectivity index (χ0v) is 16.0. The number of nitrogens with one attached hydrogen (secondary N) is 1. The summed E-state index contributed by atoms with van der Waals surface area (Å²) in [6.45, 7) is 1.06. The van der Waals surface area contributed by atoms with E-state index in [2.05, 4.69) is 15.5 Å². The summed E-state index contributed by atoms with van der Waals surface area (Å²) in [5.74, 6) is 1.43. The number of para-hydroxylation sites is 1. The molecule has 3 aromatic rings. The fourth-order valence-corrected chi connectivity index (χ4v) is 3.37. The smallest absolute Gasteiger partial charge is 0.321 e. The number of hydrogen-bond donors (Lipinski definition) is 1. The fraction of sp³-hybridized carbons (Fsp3) is 0.286. The van der Waals surface area contributed by atoms with Crippen molar-refractivity contribution in [2.75, 3.05) is 25.5 Å². The summed E-state index contributed by atoms with van der Waals surface area (Å²) < 4.78 is 24.4. The van der Waals surface area contributed by atoms with Gasteiger partial charge in [0.25, 0.3) is 0 Å². The molecule has 0 radical (unpaired) electrons. The third-order valence-electron chi connectivity index (χ3n) is 5.02. The van der Waals surface area contributed by atoms with Gasteiger partial charge in [-0.1, -0.05) is 29.4 Å². The van der Waals surface area contributed by atoms with E-state index in [1.54, 1.807) is 30.2 Å². The van der Waals surface area contributed by atoms with Gasteiger partial charge >= 0.3 is 6.03 Å². The average molecular weight is 396 g/mol. The van der Waals surface area contributed by atoms with E-state index in [4.69, 9.17) is 9.26 Å². The van der Waals surface area contributed by atoms with Crippen LogP contribution in [0.3, 0.4) is 0 Å². The Labute approximate surface area is 167 Å². The van der Waals surface area contributed by atoms with Crippen LogP contribution in [0.25, 0.3) is 11.4 Å². The third kappa shape index (κ3) is 4.21. The molecule has 1 aromatic heterocycles. The Morgan fingerprint density at radius 2 is 2.00 bits per heavy atom. The van der Waals surface area contributed by atoms with Crippen molar-refractivity contribution in [1.29, 1.82) is 0 Å². The molecule has 0 saturated carbocycles. The number of urea groups is 1. The summed E-state index contributed by atoms with van der Waals surface area (Å²) in [7, 11) is 1.61. The second kappa shape index (κ2) is 8.30. The number of halogens is 1. The van der Waals surface area contributed by atoms with Crippen molar-refractivity contribution in [2.45, 2.75) is 18.8 Å². The number of benzene rings is 2. The van der Waals surface area contributed by atoms with E-state index in [0.29, 0.717) is 37.6 Å². The van der Waals surface area contributed by atoms with Crippen LogP contribution in [0.2, 0.25) is 0 Å². The standard InChI is InChI=1S/C21H21FN4O3/c1-28-16-6-4-5-15(13-16)19-24-20(29-25-19)14-9-11-26(12-10-14)21(27)23-18-8-3-2-7-17(18)22/h2-8,13-14H,9-12H2,1H3,(H,23,27). The number of hydrogen-bond acceptors (Lipinski definition) is 5. The highest BCUT2D eigenvalue weighted by atomic mass is 19.1. The molecule has 1 aliphatic heterocycles. The topological polar surface area (TPSA) is 80.5 Å². The average Bonchev–Trinajstić information content (AvgIpc) is 3.26. The number of ether oxygens (including phenoxy) is 1. The van der Waals surface area contributed by atoms with E-state index >= 15 is 0 Å². The summed E-state index contributed by atoms with van der Waals surface area (Å²) >= 11 is 0. The Balaban J connectivity index is 1.37. The SMILES string of the molecule is COc1cccc(-c2noc(C3CCN(C(=O)Nc4ccccc4F)CC3)n2)c1. The first-order chi connectivity index (χ1) is 14.1. The molecule has 2 aromatic carbocycles. The molecule has 1 N–H and O–H groups in total. The highest BCUT2D eigenvalue weighted by Gasteiger charge is 2.28. The Bertz CT molecular complexity index is 999. The normalized spacial score (nSPS) is 14.6. The van der Waals surface area contributed by atoms with Crippen molar-refractivity contribution >= 4 is 11.7 Å². The maximum absolute atomic E-state index is 13.7. The van der Waals surface area contributed by atoms with E-state index in [1.807, 2.05) is 24.3 Å². The Hall–Kier alpha value is -3.42. The quantitative estimate of drug-likeness (QED) is 0.711. The predicted molar refractivity (Wildman–Crippen MR) is 105 cm³/mol. The predicted octanol–water partition coefficient (Wildman–Crippen LogP) is 4.30. The lowest BCUT2D eigenvalue weighted by Crippen LogP contribution is -2.40. The number of methoxy groups -OCH3 is 1. The van der Waals surface area contributed by atoms with Gasteiger partial charge in [-0.15, -0.1) is 0 Å². The van der Waals surface area contributed by atoms with Crippen molar-refractivity contribution in [3.05, 3.63) is 60.2 Å². The molecule has 4 rings (SSSR count). The maximum atomic E-state index is 13.7. The van der Waals surface area contributed by atoms with Crippen LogP contribution in [0, 0.1) is 5.82 Å². The Morgan fingerprint density at radius 3 is 2.76 bits per heavy atom. The molecule has 29 heavy (non-hydrogen) atoms. The van der Waals surface area contributed by atoms with Crippen LogP contribution in [0.15, 0.2) is 53.1 Å². The summed E-state index contributed by atoms with van der Waals surface area (Å²) in [4.78, 5) is 18.6. The van der Waals surface area contributed by atoms with Crippen molar-refractivity contribution in [3.63, 3.8) is 0 Å². The van der Waals surface area contributed by atoms with Gasteiger partial charge in [0, 0.05) is 24.6 Å². The molecule has 0 unspecified atom stereocenters. The Kier molecular flexibility index (Phi) is 5.41. The number of aromatic nitrogens is 2. The summed E-state index contributed by atoms with van der Waals surface area (Å²) in [5, 5.41) is 6.70. The molecule has 7 nitrogen and oxygen atoms in total. The number of carbonyl (C=O) groups is 1. The summed E-state index contributed by atoms with van der Waals surface area (Å²) in [6, 6.07) is 13.3. The van der Waals surface area contributed by atoms with E-state index in [-0.39, 0.29) is 17.6 Å². The van der Waals surface area contributed by atoms with Crippen LogP contribution in [0.1, 0.15) is 24.7 Å². The van der Waals surface area contributed by atoms with E-state index in [0.717, 1.165) is 11.3 Å². The first-order valence-electron chi connectivity index (χ1n) is 9.42. The van der Waals surface area contributed by atoms with Crippen LogP contribution in [0.5, 0.6) is 5.75 Å². The summed E-state index contributed by atoms with van der Waals surface area (Å²) in [6.07, 6.45) is 1.40. The van der Waals surface area contributed by atoms with E-state index < -0.39 is 5.82 Å². The molecule has 8 heteroatoms. The van der Waals surface area contributed by atoms with Crippen molar-refractivity contribution in [3.8, 4) is 17.1 Å². The van der Waals surface area contributed by atoms with Gasteiger partial charge in [-0.3, -0.25) is 0 Å². The zero-order chi connectivity index (χ0) is 20.2. The molecule has 2 amide bonds. The number of piperidine rings is 1. The molecule has 2 heterocycles. The molecule has 0 atom stereocenters. The number of amides is 2. The van der Waals surface area contributed by atoms with Crippen LogP contribution in [-0.2, 0) is 0 Å². The number of rotatable bonds is 4. The van der Waals surface area contributed by atoms with Gasteiger partial charge in [0.05, 0.1) is 12.8 Å². The van der Waals surface area contributed by atoms with Crippen LogP contribution >= 0.6 is 0 Å². The summed E-state index contributed by atoms with van der Waals surface area (Å²) in [5.41, 5.74) is 1.00. The van der Waals surface area contributed by atoms with Gasteiger partial charge in [0.15, 0.2) is 0 Å². The number of likely N-dealkylation sites (tertiary alicyclic amines) is 1. The first kappa shape index (κ1) is 18.9. The van der Waals surface area contributed by atoms with Crippen LogP contribution < -0.4 is 10.1 Å². The van der Waals surface area contributed by atoms with E-state index in [1.165, 1.54) is 6.07 Å². The molecule has 1 saturated heterocycles. The highest BCUT2D eigenvalue weighted by molar-refractivity contribution is 5.89. The molecule has 1 aliphatic rings. The van der Waals surface area contributed by atoms with Gasteiger partial charge in [0.1, 0.15) is 11.6 Å². The molecule has 150 valence electrons. The van der Waals surface area contributed by atoms with Crippen LogP contribution in [-0.4, -0.2) is 41.3 Å². The van der Waals surface area contributed by atoms with Gasteiger partial charge in [-0.05, 0) is 37.1 Å². The lowest BCUT2D eigenvalue weighted by molar-refractivity contribution is 0.187. The van der Waals surface area contributed by atoms with Gasteiger partial charge in [-0.25, -0.2) is 9.18 Å².